The number of carbonyl (C=O) groups is 1. The Hall–Kier alpha value is -1.30. The van der Waals surface area contributed by atoms with Gasteiger partial charge in [0, 0.05) is 25.6 Å². The predicted molar refractivity (Wildman–Crippen MR) is 96.4 cm³/mol. The van der Waals surface area contributed by atoms with Crippen LogP contribution in [0.15, 0.2) is 4.99 Å². The van der Waals surface area contributed by atoms with Gasteiger partial charge in [0.2, 0.25) is 5.91 Å². The number of hydrogen-bond acceptors (Lipinski definition) is 3. The fourth-order valence-electron chi connectivity index (χ4n) is 2.69. The number of nitrogens with one attached hydrogen (secondary N) is 2. The van der Waals surface area contributed by atoms with Crippen molar-refractivity contribution < 1.29 is 4.79 Å². The molecule has 0 aromatic heterocycles. The van der Waals surface area contributed by atoms with Crippen LogP contribution in [0.1, 0.15) is 46.5 Å². The number of amides is 1. The van der Waals surface area contributed by atoms with E-state index in [2.05, 4.69) is 41.3 Å². The number of likely N-dealkylation sites (tertiary alicyclic amines) is 1. The molecule has 1 amide bonds. The van der Waals surface area contributed by atoms with Crippen LogP contribution in [0, 0.1) is 11.8 Å². The minimum absolute atomic E-state index is 0.0882. The number of nitrogens with zero attached hydrogens (tertiary/aromatic N) is 2. The molecule has 0 radical (unpaired) electrons. The Morgan fingerprint density at radius 3 is 2.43 bits per heavy atom. The third kappa shape index (κ3) is 7.68. The highest BCUT2D eigenvalue weighted by atomic mass is 16.1. The summed E-state index contributed by atoms with van der Waals surface area (Å²) in [5.74, 6) is 1.42. The summed E-state index contributed by atoms with van der Waals surface area (Å²) in [6, 6.07) is 0.410. The average Bonchev–Trinajstić information content (AvgIpc) is 2.53. The SMILES string of the molecule is CN=C(NCCCCN1CCC(C(N)=O)CC1)NC(C)C(C)C. The summed E-state index contributed by atoms with van der Waals surface area (Å²) in [7, 11) is 1.81. The van der Waals surface area contributed by atoms with Crippen LogP contribution in [-0.4, -0.2) is 56.0 Å². The summed E-state index contributed by atoms with van der Waals surface area (Å²) in [5.41, 5.74) is 5.36. The van der Waals surface area contributed by atoms with Gasteiger partial charge < -0.3 is 21.3 Å². The van der Waals surface area contributed by atoms with Gasteiger partial charge in [0.15, 0.2) is 5.96 Å². The largest absolute Gasteiger partial charge is 0.369 e. The number of piperidine rings is 1. The standard InChI is InChI=1S/C17H35N5O/c1-13(2)14(3)21-17(19-4)20-9-5-6-10-22-11-7-15(8-12-22)16(18)23/h13-15H,5-12H2,1-4H3,(H2,18,23)(H2,19,20,21). The number of nitrogens with two attached hydrogens (primary N) is 1. The molecular weight excluding hydrogens is 290 g/mol. The summed E-state index contributed by atoms with van der Waals surface area (Å²) in [6.07, 6.45) is 4.10. The summed E-state index contributed by atoms with van der Waals surface area (Å²) >= 11 is 0. The molecule has 6 nitrogen and oxygen atoms in total. The summed E-state index contributed by atoms with van der Waals surface area (Å²) in [4.78, 5) is 17.9. The van der Waals surface area contributed by atoms with E-state index in [1.165, 1.54) is 0 Å². The van der Waals surface area contributed by atoms with Crippen molar-refractivity contribution in [1.82, 2.24) is 15.5 Å². The third-order valence-corrected chi connectivity index (χ3v) is 4.77. The molecule has 1 heterocycles. The minimum Gasteiger partial charge on any atom is -0.369 e. The van der Waals surface area contributed by atoms with Crippen molar-refractivity contribution in [3.05, 3.63) is 0 Å². The number of aliphatic imine (C=N–C) groups is 1. The fraction of sp³-hybridized carbons (Fsp3) is 0.882. The highest BCUT2D eigenvalue weighted by molar-refractivity contribution is 5.79. The van der Waals surface area contributed by atoms with Crippen LogP contribution in [0.5, 0.6) is 0 Å². The molecule has 6 heteroatoms. The molecule has 0 aliphatic carbocycles. The molecule has 1 aliphatic rings. The molecular formula is C17H35N5O. The van der Waals surface area contributed by atoms with Crippen molar-refractivity contribution in [2.24, 2.45) is 22.6 Å². The molecule has 1 saturated heterocycles. The normalized spacial score (nSPS) is 18.9. The van der Waals surface area contributed by atoms with Crippen LogP contribution >= 0.6 is 0 Å². The van der Waals surface area contributed by atoms with E-state index in [-0.39, 0.29) is 11.8 Å². The maximum absolute atomic E-state index is 11.1. The summed E-state index contributed by atoms with van der Waals surface area (Å²) in [6.45, 7) is 10.6. The molecule has 1 rings (SSSR count). The Kier molecular flexibility index (Phi) is 8.99. The molecule has 23 heavy (non-hydrogen) atoms. The first-order chi connectivity index (χ1) is 10.9. The molecule has 1 aliphatic heterocycles. The molecule has 1 atom stereocenters. The molecule has 1 fully saturated rings. The number of guanidine groups is 1. The molecule has 134 valence electrons. The number of primary amides is 1. The maximum Gasteiger partial charge on any atom is 0.220 e. The molecule has 0 bridgehead atoms. The Bertz CT molecular complexity index is 375. The average molecular weight is 326 g/mol. The first kappa shape index (κ1) is 19.7. The molecule has 0 saturated carbocycles. The van der Waals surface area contributed by atoms with Gasteiger partial charge in [-0.05, 0) is 58.2 Å². The number of rotatable bonds is 8. The molecule has 0 aromatic rings. The van der Waals surface area contributed by atoms with Gasteiger partial charge in [0.25, 0.3) is 0 Å². The van der Waals surface area contributed by atoms with Gasteiger partial charge in [-0.2, -0.15) is 0 Å². The lowest BCUT2D eigenvalue weighted by Gasteiger charge is -2.30. The van der Waals surface area contributed by atoms with E-state index in [0.29, 0.717) is 12.0 Å². The van der Waals surface area contributed by atoms with E-state index in [4.69, 9.17) is 5.73 Å². The van der Waals surface area contributed by atoms with Crippen molar-refractivity contribution in [3.63, 3.8) is 0 Å². The van der Waals surface area contributed by atoms with Crippen molar-refractivity contribution in [2.75, 3.05) is 33.2 Å². The Morgan fingerprint density at radius 1 is 1.26 bits per heavy atom. The van der Waals surface area contributed by atoms with Gasteiger partial charge in [-0.15, -0.1) is 0 Å². The first-order valence-corrected chi connectivity index (χ1v) is 8.93. The van der Waals surface area contributed by atoms with Crippen LogP contribution in [0.4, 0.5) is 0 Å². The first-order valence-electron chi connectivity index (χ1n) is 8.93. The van der Waals surface area contributed by atoms with Crippen molar-refractivity contribution >= 4 is 11.9 Å². The van der Waals surface area contributed by atoms with E-state index in [9.17, 15) is 4.79 Å². The van der Waals surface area contributed by atoms with Gasteiger partial charge in [-0.25, -0.2) is 0 Å². The molecule has 0 aromatic carbocycles. The topological polar surface area (TPSA) is 82.8 Å². The number of unbranched alkanes of at least 4 members (excludes halogenated alkanes) is 1. The van der Waals surface area contributed by atoms with Gasteiger partial charge >= 0.3 is 0 Å². The maximum atomic E-state index is 11.1. The fourth-order valence-corrected chi connectivity index (χ4v) is 2.69. The van der Waals surface area contributed by atoms with Crippen molar-refractivity contribution in [3.8, 4) is 0 Å². The Morgan fingerprint density at radius 2 is 1.91 bits per heavy atom. The van der Waals surface area contributed by atoms with E-state index in [1.807, 2.05) is 7.05 Å². The second kappa shape index (κ2) is 10.5. The van der Waals surface area contributed by atoms with Gasteiger partial charge in [-0.3, -0.25) is 9.79 Å². The third-order valence-electron chi connectivity index (χ3n) is 4.77. The lowest BCUT2D eigenvalue weighted by Crippen LogP contribution is -2.44. The lowest BCUT2D eigenvalue weighted by atomic mass is 9.96. The van der Waals surface area contributed by atoms with E-state index >= 15 is 0 Å². The molecule has 1 unspecified atom stereocenters. The van der Waals surface area contributed by atoms with Gasteiger partial charge in [0.1, 0.15) is 0 Å². The zero-order valence-electron chi connectivity index (χ0n) is 15.3. The monoisotopic (exact) mass is 325 g/mol. The van der Waals surface area contributed by atoms with Crippen LogP contribution < -0.4 is 16.4 Å². The quantitative estimate of drug-likeness (QED) is 0.355. The number of hydrogen-bond donors (Lipinski definition) is 3. The van der Waals surface area contributed by atoms with Crippen molar-refractivity contribution in [1.29, 1.82) is 0 Å². The Balaban J connectivity index is 2.10. The second-order valence-electron chi connectivity index (χ2n) is 6.90. The van der Waals surface area contributed by atoms with Crippen LogP contribution in [0.3, 0.4) is 0 Å². The summed E-state index contributed by atoms with van der Waals surface area (Å²) < 4.78 is 0. The van der Waals surface area contributed by atoms with Crippen LogP contribution in [-0.2, 0) is 4.79 Å². The minimum atomic E-state index is -0.136. The predicted octanol–water partition coefficient (Wildman–Crippen LogP) is 1.17. The van der Waals surface area contributed by atoms with Gasteiger partial charge in [-0.1, -0.05) is 13.8 Å². The lowest BCUT2D eigenvalue weighted by molar-refractivity contribution is -0.123. The molecule has 0 spiro atoms. The van der Waals surface area contributed by atoms with Crippen LogP contribution in [0.25, 0.3) is 0 Å². The zero-order chi connectivity index (χ0) is 17.2. The zero-order valence-corrected chi connectivity index (χ0v) is 15.3. The van der Waals surface area contributed by atoms with Crippen LogP contribution in [0.2, 0.25) is 0 Å². The van der Waals surface area contributed by atoms with E-state index in [1.54, 1.807) is 0 Å². The summed E-state index contributed by atoms with van der Waals surface area (Å²) in [5, 5.41) is 6.78. The van der Waals surface area contributed by atoms with E-state index < -0.39 is 0 Å². The molecule has 4 N–H and O–H groups in total. The Labute approximate surface area is 141 Å². The van der Waals surface area contributed by atoms with E-state index in [0.717, 1.165) is 57.8 Å². The highest BCUT2D eigenvalue weighted by Crippen LogP contribution is 2.16. The highest BCUT2D eigenvalue weighted by Gasteiger charge is 2.22. The number of carbonyl (C=O) groups excluding carboxylic acids is 1. The smallest absolute Gasteiger partial charge is 0.220 e. The van der Waals surface area contributed by atoms with Crippen molar-refractivity contribution in [2.45, 2.75) is 52.5 Å². The van der Waals surface area contributed by atoms with Gasteiger partial charge in [0.05, 0.1) is 0 Å². The second-order valence-corrected chi connectivity index (χ2v) is 6.90.